The molecular formula is C27H30N2O5. The second-order valence-corrected chi connectivity index (χ2v) is 9.72. The highest BCUT2D eigenvalue weighted by Crippen LogP contribution is 2.44. The van der Waals surface area contributed by atoms with Crippen molar-refractivity contribution in [3.05, 3.63) is 59.7 Å². The van der Waals surface area contributed by atoms with E-state index >= 15 is 0 Å². The van der Waals surface area contributed by atoms with Gasteiger partial charge in [-0.3, -0.25) is 9.59 Å². The smallest absolute Gasteiger partial charge is 0.407 e. The van der Waals surface area contributed by atoms with Crippen LogP contribution in [0.5, 0.6) is 0 Å². The zero-order chi connectivity index (χ0) is 23.7. The van der Waals surface area contributed by atoms with Gasteiger partial charge in [0.2, 0.25) is 5.91 Å². The molecule has 0 bridgehead atoms. The van der Waals surface area contributed by atoms with Crippen molar-refractivity contribution in [1.29, 1.82) is 0 Å². The fourth-order valence-electron chi connectivity index (χ4n) is 5.59. The number of hydrogen-bond acceptors (Lipinski definition) is 4. The summed E-state index contributed by atoms with van der Waals surface area (Å²) in [5.74, 6) is -1.07. The maximum atomic E-state index is 12.6. The summed E-state index contributed by atoms with van der Waals surface area (Å²) >= 11 is 0. The van der Waals surface area contributed by atoms with Gasteiger partial charge in [0.1, 0.15) is 6.61 Å². The van der Waals surface area contributed by atoms with Gasteiger partial charge < -0.3 is 20.5 Å². The Bertz CT molecular complexity index is 1050. The molecule has 4 atom stereocenters. The second kappa shape index (κ2) is 9.49. The average molecular weight is 463 g/mol. The lowest BCUT2D eigenvalue weighted by molar-refractivity contribution is -0.139. The van der Waals surface area contributed by atoms with Crippen LogP contribution in [-0.4, -0.2) is 42.3 Å². The standard InChI is InChI=1S/C27H30N2O5/c30-25(28-14-17-12-22(17)26(31)32)13-16-6-5-11-24(16)29-27(33)34-15-23-20-9-3-1-7-18(20)19-8-2-4-10-21(19)23/h1-4,7-10,16-17,22-24H,5-6,11-15H2,(H,28,30)(H,29,33)(H,31,32)/t16-,17-,22-,24+/m0/s1. The monoisotopic (exact) mass is 462 g/mol. The number of carbonyl (C=O) groups excluding carboxylic acids is 2. The van der Waals surface area contributed by atoms with Crippen molar-refractivity contribution in [1.82, 2.24) is 10.6 Å². The molecule has 0 unspecified atom stereocenters. The second-order valence-electron chi connectivity index (χ2n) is 9.72. The number of fused-ring (bicyclic) bond motifs is 3. The summed E-state index contributed by atoms with van der Waals surface area (Å²) in [7, 11) is 0. The van der Waals surface area contributed by atoms with E-state index in [9.17, 15) is 14.4 Å². The minimum Gasteiger partial charge on any atom is -0.481 e. The third kappa shape index (κ3) is 4.65. The number of aliphatic carboxylic acids is 1. The first kappa shape index (κ1) is 22.4. The van der Waals surface area contributed by atoms with Crippen LogP contribution in [0.4, 0.5) is 4.79 Å². The number of alkyl carbamates (subject to hydrolysis) is 1. The molecule has 3 aliphatic carbocycles. The highest BCUT2D eigenvalue weighted by atomic mass is 16.5. The Balaban J connectivity index is 1.11. The quantitative estimate of drug-likeness (QED) is 0.552. The number of benzene rings is 2. The van der Waals surface area contributed by atoms with E-state index in [2.05, 4.69) is 34.9 Å². The van der Waals surface area contributed by atoms with Crippen molar-refractivity contribution in [3.63, 3.8) is 0 Å². The van der Waals surface area contributed by atoms with Crippen LogP contribution in [0.2, 0.25) is 0 Å². The Morgan fingerprint density at radius 3 is 2.26 bits per heavy atom. The Hall–Kier alpha value is -3.35. The van der Waals surface area contributed by atoms with Crippen LogP contribution in [0.3, 0.4) is 0 Å². The Kier molecular flexibility index (Phi) is 6.26. The van der Waals surface area contributed by atoms with E-state index in [0.717, 1.165) is 19.3 Å². The lowest BCUT2D eigenvalue weighted by Crippen LogP contribution is -2.40. The molecule has 0 saturated heterocycles. The van der Waals surface area contributed by atoms with E-state index in [0.29, 0.717) is 19.4 Å². The predicted octanol–water partition coefficient (Wildman–Crippen LogP) is 3.92. The molecule has 2 saturated carbocycles. The summed E-state index contributed by atoms with van der Waals surface area (Å²) in [5.41, 5.74) is 4.73. The molecular weight excluding hydrogens is 432 g/mol. The molecule has 7 nitrogen and oxygen atoms in total. The van der Waals surface area contributed by atoms with E-state index < -0.39 is 12.1 Å². The first-order valence-corrected chi connectivity index (χ1v) is 12.1. The maximum Gasteiger partial charge on any atom is 0.407 e. The van der Waals surface area contributed by atoms with Crippen LogP contribution in [0, 0.1) is 17.8 Å². The van der Waals surface area contributed by atoms with E-state index in [4.69, 9.17) is 9.84 Å². The average Bonchev–Trinajstić information content (AvgIpc) is 3.40. The topological polar surface area (TPSA) is 105 Å². The summed E-state index contributed by atoms with van der Waals surface area (Å²) in [6.45, 7) is 0.677. The molecule has 3 aliphatic rings. The van der Waals surface area contributed by atoms with Crippen LogP contribution in [-0.2, 0) is 14.3 Å². The van der Waals surface area contributed by atoms with Gasteiger partial charge in [-0.2, -0.15) is 0 Å². The van der Waals surface area contributed by atoms with Gasteiger partial charge in [-0.05, 0) is 53.4 Å². The van der Waals surface area contributed by atoms with Gasteiger partial charge in [0, 0.05) is 24.9 Å². The van der Waals surface area contributed by atoms with Crippen molar-refractivity contribution in [2.75, 3.05) is 13.2 Å². The molecule has 2 aromatic carbocycles. The molecule has 3 N–H and O–H groups in total. The van der Waals surface area contributed by atoms with Crippen molar-refractivity contribution in [2.45, 2.75) is 44.1 Å². The SMILES string of the molecule is O=C(C[C@@H]1CCC[C@H]1NC(=O)OCC1c2ccccc2-c2ccccc21)NC[C@@H]1C[C@@H]1C(=O)O. The predicted molar refractivity (Wildman–Crippen MR) is 126 cm³/mol. The fourth-order valence-corrected chi connectivity index (χ4v) is 5.59. The van der Waals surface area contributed by atoms with E-state index in [-0.39, 0.29) is 42.2 Å². The fraction of sp³-hybridized carbons (Fsp3) is 0.444. The lowest BCUT2D eigenvalue weighted by atomic mass is 9.98. The molecule has 178 valence electrons. The number of hydrogen-bond donors (Lipinski definition) is 3. The number of carboxylic acids is 1. The minimum absolute atomic E-state index is 0.0142. The summed E-state index contributed by atoms with van der Waals surface area (Å²) < 4.78 is 5.67. The van der Waals surface area contributed by atoms with E-state index in [1.54, 1.807) is 0 Å². The maximum absolute atomic E-state index is 12.6. The van der Waals surface area contributed by atoms with Crippen molar-refractivity contribution in [3.8, 4) is 11.1 Å². The third-order valence-electron chi connectivity index (χ3n) is 7.55. The van der Waals surface area contributed by atoms with Gasteiger partial charge in [0.25, 0.3) is 0 Å². The molecule has 2 fully saturated rings. The summed E-state index contributed by atoms with van der Waals surface area (Å²) in [5, 5.41) is 14.8. The molecule has 2 aromatic rings. The zero-order valence-electron chi connectivity index (χ0n) is 19.0. The third-order valence-corrected chi connectivity index (χ3v) is 7.55. The number of rotatable bonds is 8. The van der Waals surface area contributed by atoms with Crippen LogP contribution in [0.1, 0.15) is 49.1 Å². The van der Waals surface area contributed by atoms with Crippen LogP contribution in [0.15, 0.2) is 48.5 Å². The Morgan fingerprint density at radius 1 is 0.941 bits per heavy atom. The largest absolute Gasteiger partial charge is 0.481 e. The first-order chi connectivity index (χ1) is 16.5. The minimum atomic E-state index is -0.789. The Morgan fingerprint density at radius 2 is 1.62 bits per heavy atom. The Labute approximate surface area is 198 Å². The molecule has 0 aromatic heterocycles. The van der Waals surface area contributed by atoms with Gasteiger partial charge in [0.05, 0.1) is 5.92 Å². The number of nitrogens with one attached hydrogen (secondary N) is 2. The molecule has 34 heavy (non-hydrogen) atoms. The first-order valence-electron chi connectivity index (χ1n) is 12.1. The normalized spacial score (nSPS) is 24.7. The van der Waals surface area contributed by atoms with E-state index in [1.807, 2.05) is 24.3 Å². The number of amides is 2. The van der Waals surface area contributed by atoms with Crippen molar-refractivity contribution >= 4 is 18.0 Å². The van der Waals surface area contributed by atoms with E-state index in [1.165, 1.54) is 22.3 Å². The summed E-state index contributed by atoms with van der Waals surface area (Å²) in [6.07, 6.45) is 3.18. The number of carbonyl (C=O) groups is 3. The molecule has 5 rings (SSSR count). The van der Waals surface area contributed by atoms with Crippen LogP contribution in [0.25, 0.3) is 11.1 Å². The number of ether oxygens (including phenoxy) is 1. The van der Waals surface area contributed by atoms with Crippen LogP contribution < -0.4 is 10.6 Å². The number of carboxylic acid groups (broad SMARTS) is 1. The molecule has 0 spiro atoms. The zero-order valence-corrected chi connectivity index (χ0v) is 19.0. The van der Waals surface area contributed by atoms with Gasteiger partial charge >= 0.3 is 12.1 Å². The summed E-state index contributed by atoms with van der Waals surface area (Å²) in [4.78, 5) is 35.9. The highest BCUT2D eigenvalue weighted by Gasteiger charge is 2.43. The van der Waals surface area contributed by atoms with Gasteiger partial charge in [-0.1, -0.05) is 55.0 Å². The highest BCUT2D eigenvalue weighted by molar-refractivity contribution is 5.79. The van der Waals surface area contributed by atoms with Gasteiger partial charge in [-0.15, -0.1) is 0 Å². The lowest BCUT2D eigenvalue weighted by Gasteiger charge is -2.21. The molecule has 7 heteroatoms. The molecule has 0 radical (unpaired) electrons. The van der Waals surface area contributed by atoms with Gasteiger partial charge in [-0.25, -0.2) is 4.79 Å². The van der Waals surface area contributed by atoms with Gasteiger partial charge in [0.15, 0.2) is 0 Å². The summed E-state index contributed by atoms with van der Waals surface area (Å²) in [6, 6.07) is 16.4. The van der Waals surface area contributed by atoms with Crippen molar-refractivity contribution < 1.29 is 24.2 Å². The molecule has 0 aliphatic heterocycles. The molecule has 0 heterocycles. The van der Waals surface area contributed by atoms with Crippen molar-refractivity contribution in [2.24, 2.45) is 17.8 Å². The van der Waals surface area contributed by atoms with Crippen LogP contribution >= 0.6 is 0 Å². The molecule has 2 amide bonds.